The first-order valence-corrected chi connectivity index (χ1v) is 12.7. The third kappa shape index (κ3) is 5.47. The molecule has 37 heavy (non-hydrogen) atoms. The van der Waals surface area contributed by atoms with Gasteiger partial charge in [-0.25, -0.2) is 13.8 Å². The maximum absolute atomic E-state index is 14.9. The number of amides is 1. The summed E-state index contributed by atoms with van der Waals surface area (Å²) in [5, 5.41) is 12.7. The number of anilines is 1. The Bertz CT molecular complexity index is 1270. The van der Waals surface area contributed by atoms with Crippen molar-refractivity contribution in [1.82, 2.24) is 15.2 Å². The predicted molar refractivity (Wildman–Crippen MR) is 137 cm³/mol. The number of pyridine rings is 1. The molecule has 1 aromatic heterocycles. The molecule has 1 amide bonds. The molecule has 0 bridgehead atoms. The number of nitrogens with one attached hydrogen (secondary N) is 1. The molecule has 3 heterocycles. The lowest BCUT2D eigenvalue weighted by Gasteiger charge is -2.32. The van der Waals surface area contributed by atoms with Crippen molar-refractivity contribution in [1.29, 1.82) is 5.26 Å². The summed E-state index contributed by atoms with van der Waals surface area (Å²) >= 11 is 0. The van der Waals surface area contributed by atoms with Gasteiger partial charge in [-0.05, 0) is 42.2 Å². The van der Waals surface area contributed by atoms with Gasteiger partial charge >= 0.3 is 0 Å². The van der Waals surface area contributed by atoms with E-state index in [9.17, 15) is 13.6 Å². The normalized spacial score (nSPS) is 22.2. The summed E-state index contributed by atoms with van der Waals surface area (Å²) in [7, 11) is 0. The Morgan fingerprint density at radius 1 is 1.05 bits per heavy atom. The molecule has 5 rings (SSSR count). The van der Waals surface area contributed by atoms with Crippen molar-refractivity contribution in [3.63, 3.8) is 0 Å². The molecule has 1 unspecified atom stereocenters. The van der Waals surface area contributed by atoms with Gasteiger partial charge in [0.1, 0.15) is 23.5 Å². The van der Waals surface area contributed by atoms with E-state index in [0.29, 0.717) is 49.7 Å². The number of rotatable bonds is 4. The van der Waals surface area contributed by atoms with Crippen LogP contribution in [-0.2, 0) is 4.79 Å². The van der Waals surface area contributed by atoms with E-state index in [1.165, 1.54) is 23.9 Å². The molecule has 0 spiro atoms. The van der Waals surface area contributed by atoms with Gasteiger partial charge in [-0.15, -0.1) is 0 Å². The highest BCUT2D eigenvalue weighted by atomic mass is 19.1. The predicted octanol–water partition coefficient (Wildman–Crippen LogP) is 4.40. The summed E-state index contributed by atoms with van der Waals surface area (Å²) in [6, 6.07) is 19.6. The molecule has 0 aliphatic carbocycles. The molecule has 8 heteroatoms. The Balaban J connectivity index is 1.35. The molecule has 2 aromatic carbocycles. The van der Waals surface area contributed by atoms with Crippen LogP contribution in [0.1, 0.15) is 41.5 Å². The minimum absolute atomic E-state index is 0.0233. The number of nitrogens with zero attached hydrogens (tertiary/aromatic N) is 4. The Morgan fingerprint density at radius 3 is 2.62 bits per heavy atom. The van der Waals surface area contributed by atoms with Crippen LogP contribution in [0.4, 0.5) is 14.6 Å². The van der Waals surface area contributed by atoms with Crippen LogP contribution in [0.15, 0.2) is 66.9 Å². The SMILES string of the molecule is N#Cc1ccc(N2C[C@@H](C(=O)N3CCCC(c4ccccc4)NCC3)[C@H](c3ccc(F)cc3F)C2)nc1. The number of hydrogen-bond donors (Lipinski definition) is 1. The summed E-state index contributed by atoms with van der Waals surface area (Å²) in [6.07, 6.45) is 3.25. The summed E-state index contributed by atoms with van der Waals surface area (Å²) < 4.78 is 28.6. The molecule has 3 aromatic rings. The van der Waals surface area contributed by atoms with E-state index in [0.717, 1.165) is 18.9 Å². The first kappa shape index (κ1) is 24.8. The standard InChI is InChI=1S/C29H29F2N5O/c30-22-9-10-23(26(31)15-22)24-18-36(28-11-8-20(16-32)17-34-28)19-25(24)29(37)35-13-4-7-27(33-12-14-35)21-5-2-1-3-6-21/h1-3,5-6,8-11,15,17,24-25,27,33H,4,7,12-14,18-19H2/t24-,25+,27?/m0/s1. The number of carbonyl (C=O) groups excluding carboxylic acids is 1. The number of aromatic nitrogens is 1. The molecular weight excluding hydrogens is 472 g/mol. The lowest BCUT2D eigenvalue weighted by Crippen LogP contribution is -2.45. The fraction of sp³-hybridized carbons (Fsp3) is 0.345. The van der Waals surface area contributed by atoms with E-state index < -0.39 is 23.5 Å². The van der Waals surface area contributed by atoms with Crippen molar-refractivity contribution >= 4 is 11.7 Å². The number of halogens is 2. The van der Waals surface area contributed by atoms with Crippen LogP contribution in [0.25, 0.3) is 0 Å². The molecule has 190 valence electrons. The summed E-state index contributed by atoms with van der Waals surface area (Å²) in [5.41, 5.74) is 2.03. The van der Waals surface area contributed by atoms with E-state index >= 15 is 0 Å². The molecule has 3 atom stereocenters. The van der Waals surface area contributed by atoms with Gasteiger partial charge in [0.2, 0.25) is 5.91 Å². The van der Waals surface area contributed by atoms with Gasteiger partial charge in [0.25, 0.3) is 0 Å². The molecule has 0 radical (unpaired) electrons. The highest BCUT2D eigenvalue weighted by molar-refractivity contribution is 5.81. The third-order valence-corrected chi connectivity index (χ3v) is 7.41. The van der Waals surface area contributed by atoms with Gasteiger partial charge in [0.05, 0.1) is 11.5 Å². The Labute approximate surface area is 215 Å². The largest absolute Gasteiger partial charge is 0.355 e. The molecular formula is C29H29F2N5O. The van der Waals surface area contributed by atoms with Crippen LogP contribution >= 0.6 is 0 Å². The fourth-order valence-electron chi connectivity index (χ4n) is 5.50. The van der Waals surface area contributed by atoms with Gasteiger partial charge in [0.15, 0.2) is 0 Å². The molecule has 2 fully saturated rings. The minimum Gasteiger partial charge on any atom is -0.355 e. The van der Waals surface area contributed by atoms with E-state index in [1.807, 2.05) is 28.0 Å². The van der Waals surface area contributed by atoms with Gasteiger partial charge in [-0.1, -0.05) is 36.4 Å². The minimum atomic E-state index is -0.643. The van der Waals surface area contributed by atoms with Gasteiger partial charge in [-0.3, -0.25) is 4.79 Å². The Hall–Kier alpha value is -3.83. The molecule has 2 aliphatic rings. The maximum Gasteiger partial charge on any atom is 0.228 e. The van der Waals surface area contributed by atoms with Gasteiger partial charge < -0.3 is 15.1 Å². The monoisotopic (exact) mass is 501 g/mol. The second kappa shape index (κ2) is 11.1. The summed E-state index contributed by atoms with van der Waals surface area (Å²) in [6.45, 7) is 2.60. The lowest BCUT2D eigenvalue weighted by atomic mass is 9.87. The van der Waals surface area contributed by atoms with Crippen LogP contribution in [0.2, 0.25) is 0 Å². The average Bonchev–Trinajstić information content (AvgIpc) is 3.34. The Kier molecular flexibility index (Phi) is 7.42. The summed E-state index contributed by atoms with van der Waals surface area (Å²) in [5.74, 6) is -1.62. The first-order valence-electron chi connectivity index (χ1n) is 12.7. The topological polar surface area (TPSA) is 72.3 Å². The number of carbonyl (C=O) groups is 1. The molecule has 1 N–H and O–H groups in total. The van der Waals surface area contributed by atoms with Crippen LogP contribution in [-0.4, -0.2) is 48.5 Å². The molecule has 6 nitrogen and oxygen atoms in total. The molecule has 0 saturated carbocycles. The highest BCUT2D eigenvalue weighted by Gasteiger charge is 2.42. The average molecular weight is 502 g/mol. The maximum atomic E-state index is 14.9. The van der Waals surface area contributed by atoms with Gasteiger partial charge in [0, 0.05) is 56.9 Å². The van der Waals surface area contributed by atoms with Crippen LogP contribution in [0, 0.1) is 28.9 Å². The number of benzene rings is 2. The van der Waals surface area contributed by atoms with Crippen molar-refractivity contribution in [2.75, 3.05) is 37.6 Å². The third-order valence-electron chi connectivity index (χ3n) is 7.41. The second-order valence-electron chi connectivity index (χ2n) is 9.69. The number of nitriles is 1. The second-order valence-corrected chi connectivity index (χ2v) is 9.69. The van der Waals surface area contributed by atoms with Crippen molar-refractivity contribution in [2.24, 2.45) is 5.92 Å². The smallest absolute Gasteiger partial charge is 0.228 e. The zero-order valence-corrected chi connectivity index (χ0v) is 20.5. The first-order chi connectivity index (χ1) is 18.0. The van der Waals surface area contributed by atoms with Crippen LogP contribution in [0.3, 0.4) is 0 Å². The van der Waals surface area contributed by atoms with E-state index in [2.05, 4.69) is 28.5 Å². The lowest BCUT2D eigenvalue weighted by molar-refractivity contribution is -0.135. The summed E-state index contributed by atoms with van der Waals surface area (Å²) in [4.78, 5) is 22.1. The van der Waals surface area contributed by atoms with Crippen molar-refractivity contribution < 1.29 is 13.6 Å². The number of hydrogen-bond acceptors (Lipinski definition) is 5. The van der Waals surface area contributed by atoms with E-state index in [1.54, 1.807) is 12.1 Å². The Morgan fingerprint density at radius 2 is 1.89 bits per heavy atom. The van der Waals surface area contributed by atoms with Crippen LogP contribution < -0.4 is 10.2 Å². The zero-order chi connectivity index (χ0) is 25.8. The zero-order valence-electron chi connectivity index (χ0n) is 20.5. The van der Waals surface area contributed by atoms with E-state index in [4.69, 9.17) is 5.26 Å². The quantitative estimate of drug-likeness (QED) is 0.574. The molecule has 2 aliphatic heterocycles. The van der Waals surface area contributed by atoms with Crippen molar-refractivity contribution in [3.05, 3.63) is 95.2 Å². The van der Waals surface area contributed by atoms with Crippen LogP contribution in [0.5, 0.6) is 0 Å². The molecule has 2 saturated heterocycles. The highest BCUT2D eigenvalue weighted by Crippen LogP contribution is 2.37. The van der Waals surface area contributed by atoms with Crippen molar-refractivity contribution in [2.45, 2.75) is 24.8 Å². The van der Waals surface area contributed by atoms with Crippen molar-refractivity contribution in [3.8, 4) is 6.07 Å². The van der Waals surface area contributed by atoms with E-state index in [-0.39, 0.29) is 11.9 Å². The van der Waals surface area contributed by atoms with Gasteiger partial charge in [-0.2, -0.15) is 5.26 Å². The fourth-order valence-corrected chi connectivity index (χ4v) is 5.50.